The van der Waals surface area contributed by atoms with Gasteiger partial charge in [-0.25, -0.2) is 0 Å². The van der Waals surface area contributed by atoms with Crippen LogP contribution in [0.3, 0.4) is 0 Å². The van der Waals surface area contributed by atoms with Crippen molar-refractivity contribution in [3.8, 4) is 0 Å². The number of methoxy groups -OCH3 is 1. The van der Waals surface area contributed by atoms with Crippen LogP contribution in [0.1, 0.15) is 16.9 Å². The van der Waals surface area contributed by atoms with Crippen LogP contribution in [0, 0.1) is 5.92 Å². The average Bonchev–Trinajstić information content (AvgIpc) is 3.10. The zero-order valence-corrected chi connectivity index (χ0v) is 11.3. The lowest BCUT2D eigenvalue weighted by molar-refractivity contribution is 0.0723. The summed E-state index contributed by atoms with van der Waals surface area (Å²) in [6.07, 6.45) is 3.08. The van der Waals surface area contributed by atoms with E-state index < -0.39 is 0 Å². The molecule has 0 aromatic carbocycles. The summed E-state index contributed by atoms with van der Waals surface area (Å²) in [5.41, 5.74) is 0.782. The molecule has 1 amide bonds. The van der Waals surface area contributed by atoms with Crippen molar-refractivity contribution in [3.05, 3.63) is 24.0 Å². The summed E-state index contributed by atoms with van der Waals surface area (Å²) < 4.78 is 7.08. The van der Waals surface area contributed by atoms with E-state index in [2.05, 4.69) is 5.32 Å². The molecule has 1 aromatic rings. The molecule has 3 rings (SSSR count). The highest BCUT2D eigenvalue weighted by Crippen LogP contribution is 2.28. The molecule has 0 aliphatic carbocycles. The molecule has 0 saturated carbocycles. The van der Waals surface area contributed by atoms with Gasteiger partial charge in [0.1, 0.15) is 5.69 Å². The molecular formula is C14H21N3O2. The van der Waals surface area contributed by atoms with Crippen LogP contribution in [0.25, 0.3) is 0 Å². The maximum atomic E-state index is 12.7. The molecule has 0 unspecified atom stereocenters. The Morgan fingerprint density at radius 2 is 2.42 bits per heavy atom. The zero-order valence-electron chi connectivity index (χ0n) is 11.3. The zero-order chi connectivity index (χ0) is 13.2. The Labute approximate surface area is 113 Å². The van der Waals surface area contributed by atoms with Gasteiger partial charge < -0.3 is 19.5 Å². The van der Waals surface area contributed by atoms with Gasteiger partial charge in [-0.3, -0.25) is 4.79 Å². The third-order valence-electron chi connectivity index (χ3n) is 4.29. The van der Waals surface area contributed by atoms with E-state index in [1.165, 1.54) is 0 Å². The molecule has 104 valence electrons. The molecule has 0 bridgehead atoms. The second-order valence-electron chi connectivity index (χ2n) is 5.35. The minimum atomic E-state index is 0.164. The monoisotopic (exact) mass is 263 g/mol. The Kier molecular flexibility index (Phi) is 3.57. The summed E-state index contributed by atoms with van der Waals surface area (Å²) in [6.45, 7) is 4.24. The SMILES string of the molecule is COCCn1cccc1C(=O)N1CC[C@H]2CNC[C@H]21. The van der Waals surface area contributed by atoms with E-state index in [0.717, 1.165) is 38.3 Å². The molecule has 5 nitrogen and oxygen atoms in total. The summed E-state index contributed by atoms with van der Waals surface area (Å²) in [5, 5.41) is 3.38. The Bertz CT molecular complexity index is 457. The van der Waals surface area contributed by atoms with Crippen molar-refractivity contribution in [2.45, 2.75) is 19.0 Å². The van der Waals surface area contributed by atoms with E-state index >= 15 is 0 Å². The first kappa shape index (κ1) is 12.7. The lowest BCUT2D eigenvalue weighted by Gasteiger charge is -2.24. The summed E-state index contributed by atoms with van der Waals surface area (Å²) >= 11 is 0. The minimum Gasteiger partial charge on any atom is -0.383 e. The fraction of sp³-hybridized carbons (Fsp3) is 0.643. The number of amides is 1. The lowest BCUT2D eigenvalue weighted by Crippen LogP contribution is -2.40. The van der Waals surface area contributed by atoms with Gasteiger partial charge in [-0.2, -0.15) is 0 Å². The van der Waals surface area contributed by atoms with Crippen molar-refractivity contribution in [2.24, 2.45) is 5.92 Å². The predicted octanol–water partition coefficient (Wildman–Crippen LogP) is 0.568. The van der Waals surface area contributed by atoms with E-state index in [9.17, 15) is 4.79 Å². The van der Waals surface area contributed by atoms with Gasteiger partial charge in [0.15, 0.2) is 0 Å². The van der Waals surface area contributed by atoms with Gasteiger partial charge in [0.25, 0.3) is 5.91 Å². The van der Waals surface area contributed by atoms with Crippen molar-refractivity contribution in [2.75, 3.05) is 33.4 Å². The summed E-state index contributed by atoms with van der Waals surface area (Å²) in [4.78, 5) is 14.7. The number of carbonyl (C=O) groups excluding carboxylic acids is 1. The molecule has 5 heteroatoms. The van der Waals surface area contributed by atoms with Crippen LogP contribution < -0.4 is 5.32 Å². The van der Waals surface area contributed by atoms with Crippen LogP contribution in [0.4, 0.5) is 0 Å². The van der Waals surface area contributed by atoms with Crippen LogP contribution in [0.2, 0.25) is 0 Å². The van der Waals surface area contributed by atoms with Gasteiger partial charge in [-0.15, -0.1) is 0 Å². The molecule has 2 fully saturated rings. The smallest absolute Gasteiger partial charge is 0.270 e. The Hall–Kier alpha value is -1.33. The van der Waals surface area contributed by atoms with Crippen LogP contribution in [-0.4, -0.2) is 54.8 Å². The molecule has 2 saturated heterocycles. The van der Waals surface area contributed by atoms with Crippen LogP contribution >= 0.6 is 0 Å². The number of ether oxygens (including phenoxy) is 1. The summed E-state index contributed by atoms with van der Waals surface area (Å²) in [5.74, 6) is 0.809. The number of fused-ring (bicyclic) bond motifs is 1. The summed E-state index contributed by atoms with van der Waals surface area (Å²) in [6, 6.07) is 4.23. The molecule has 0 spiro atoms. The predicted molar refractivity (Wildman–Crippen MR) is 72.1 cm³/mol. The van der Waals surface area contributed by atoms with Gasteiger partial charge in [0.05, 0.1) is 6.61 Å². The topological polar surface area (TPSA) is 46.5 Å². The number of hydrogen-bond acceptors (Lipinski definition) is 3. The van der Waals surface area contributed by atoms with Crippen LogP contribution in [0.5, 0.6) is 0 Å². The Balaban J connectivity index is 1.75. The highest BCUT2D eigenvalue weighted by atomic mass is 16.5. The Morgan fingerprint density at radius 3 is 3.26 bits per heavy atom. The number of aromatic nitrogens is 1. The van der Waals surface area contributed by atoms with Gasteiger partial charge >= 0.3 is 0 Å². The van der Waals surface area contributed by atoms with Crippen molar-refractivity contribution >= 4 is 5.91 Å². The molecule has 0 radical (unpaired) electrons. The molecule has 19 heavy (non-hydrogen) atoms. The number of likely N-dealkylation sites (tertiary alicyclic amines) is 1. The second-order valence-corrected chi connectivity index (χ2v) is 5.35. The van der Waals surface area contributed by atoms with Crippen molar-refractivity contribution < 1.29 is 9.53 Å². The maximum Gasteiger partial charge on any atom is 0.270 e. The molecule has 2 aliphatic rings. The quantitative estimate of drug-likeness (QED) is 0.864. The summed E-state index contributed by atoms with van der Waals surface area (Å²) in [7, 11) is 1.68. The fourth-order valence-electron chi connectivity index (χ4n) is 3.24. The number of hydrogen-bond donors (Lipinski definition) is 1. The van der Waals surface area contributed by atoms with Gasteiger partial charge in [-0.1, -0.05) is 0 Å². The molecule has 2 atom stereocenters. The number of nitrogens with one attached hydrogen (secondary N) is 1. The third-order valence-corrected chi connectivity index (χ3v) is 4.29. The van der Waals surface area contributed by atoms with E-state index in [4.69, 9.17) is 4.74 Å². The number of rotatable bonds is 4. The number of carbonyl (C=O) groups is 1. The normalized spacial score (nSPS) is 25.8. The first-order valence-corrected chi connectivity index (χ1v) is 6.97. The van der Waals surface area contributed by atoms with Crippen molar-refractivity contribution in [1.29, 1.82) is 0 Å². The van der Waals surface area contributed by atoms with Gasteiger partial charge in [-0.05, 0) is 24.5 Å². The second kappa shape index (κ2) is 5.35. The average molecular weight is 263 g/mol. The van der Waals surface area contributed by atoms with E-state index in [1.54, 1.807) is 7.11 Å². The molecule has 2 aliphatic heterocycles. The highest BCUT2D eigenvalue weighted by Gasteiger charge is 2.40. The van der Waals surface area contributed by atoms with Crippen LogP contribution in [0.15, 0.2) is 18.3 Å². The van der Waals surface area contributed by atoms with E-state index in [-0.39, 0.29) is 5.91 Å². The van der Waals surface area contributed by atoms with E-state index in [0.29, 0.717) is 18.6 Å². The largest absolute Gasteiger partial charge is 0.383 e. The van der Waals surface area contributed by atoms with Crippen molar-refractivity contribution in [3.63, 3.8) is 0 Å². The van der Waals surface area contributed by atoms with Gasteiger partial charge in [0.2, 0.25) is 0 Å². The van der Waals surface area contributed by atoms with Crippen LogP contribution in [-0.2, 0) is 11.3 Å². The molecule has 3 heterocycles. The number of nitrogens with zero attached hydrogens (tertiary/aromatic N) is 2. The standard InChI is InChI=1S/C14H21N3O2/c1-19-8-7-16-5-2-3-12(16)14(18)17-6-4-11-9-15-10-13(11)17/h2-3,5,11,13,15H,4,6-10H2,1H3/t11-,13+/m0/s1. The molecule has 1 N–H and O–H groups in total. The maximum absolute atomic E-state index is 12.7. The Morgan fingerprint density at radius 1 is 1.53 bits per heavy atom. The fourth-order valence-corrected chi connectivity index (χ4v) is 3.24. The molecule has 1 aromatic heterocycles. The van der Waals surface area contributed by atoms with Gasteiger partial charge in [0, 0.05) is 45.5 Å². The minimum absolute atomic E-state index is 0.164. The third kappa shape index (κ3) is 2.28. The molecular weight excluding hydrogens is 242 g/mol. The van der Waals surface area contributed by atoms with E-state index in [1.807, 2.05) is 27.8 Å². The first-order chi connectivity index (χ1) is 9.31. The van der Waals surface area contributed by atoms with Crippen molar-refractivity contribution in [1.82, 2.24) is 14.8 Å². The lowest BCUT2D eigenvalue weighted by atomic mass is 10.1. The first-order valence-electron chi connectivity index (χ1n) is 6.97. The highest BCUT2D eigenvalue weighted by molar-refractivity contribution is 5.93.